The van der Waals surface area contributed by atoms with Crippen LogP contribution in [0.3, 0.4) is 0 Å². The molecule has 0 radical (unpaired) electrons. The average molecular weight is 246 g/mol. The Balaban J connectivity index is 2.67. The highest BCUT2D eigenvalue weighted by molar-refractivity contribution is 7.98. The summed E-state index contributed by atoms with van der Waals surface area (Å²) in [6.45, 7) is 1.51. The third-order valence-corrected chi connectivity index (χ3v) is 2.74. The molecule has 0 amide bonds. The fourth-order valence-electron chi connectivity index (χ4n) is 1.25. The molecule has 0 fully saturated rings. The van der Waals surface area contributed by atoms with Gasteiger partial charge in [-0.3, -0.25) is 0 Å². The molecule has 1 N–H and O–H groups in total. The van der Waals surface area contributed by atoms with Gasteiger partial charge in [0.05, 0.1) is 6.61 Å². The van der Waals surface area contributed by atoms with Gasteiger partial charge in [-0.15, -0.1) is 0 Å². The summed E-state index contributed by atoms with van der Waals surface area (Å²) in [4.78, 5) is 0. The van der Waals surface area contributed by atoms with E-state index >= 15 is 0 Å². The van der Waals surface area contributed by atoms with Gasteiger partial charge in [0.1, 0.15) is 5.75 Å². The lowest BCUT2D eigenvalue weighted by Gasteiger charge is -2.11. The fraction of sp³-hybridized carbons (Fsp3) is 0.455. The normalized spacial score (nSPS) is 10.3. The minimum atomic E-state index is 0.736. The molecule has 0 saturated carbocycles. The molecule has 0 aliphatic heterocycles. The van der Waals surface area contributed by atoms with Crippen molar-refractivity contribution < 1.29 is 4.74 Å². The van der Waals surface area contributed by atoms with Crippen LogP contribution in [0.2, 0.25) is 5.02 Å². The minimum absolute atomic E-state index is 0.736. The SMILES string of the molecule is CNCc1cc(Cl)ccc1OCCSC. The molecule has 1 rings (SSSR count). The highest BCUT2D eigenvalue weighted by Crippen LogP contribution is 2.22. The van der Waals surface area contributed by atoms with Crippen LogP contribution < -0.4 is 10.1 Å². The number of benzene rings is 1. The Bertz CT molecular complexity index is 307. The van der Waals surface area contributed by atoms with E-state index in [1.165, 1.54) is 0 Å². The van der Waals surface area contributed by atoms with Crippen molar-refractivity contribution in [2.75, 3.05) is 25.7 Å². The van der Waals surface area contributed by atoms with Gasteiger partial charge in [0.2, 0.25) is 0 Å². The molecule has 0 bridgehead atoms. The molecule has 1 aromatic rings. The van der Waals surface area contributed by atoms with Crippen molar-refractivity contribution >= 4 is 23.4 Å². The van der Waals surface area contributed by atoms with E-state index in [0.29, 0.717) is 0 Å². The molecule has 0 unspecified atom stereocenters. The number of halogens is 1. The third kappa shape index (κ3) is 4.33. The number of rotatable bonds is 6. The minimum Gasteiger partial charge on any atom is -0.492 e. The molecule has 0 heterocycles. The molecular weight excluding hydrogens is 230 g/mol. The largest absolute Gasteiger partial charge is 0.492 e. The summed E-state index contributed by atoms with van der Waals surface area (Å²) in [5.41, 5.74) is 1.10. The molecule has 0 spiro atoms. The van der Waals surface area contributed by atoms with Crippen LogP contribution >= 0.6 is 23.4 Å². The van der Waals surface area contributed by atoms with Gasteiger partial charge in [0.15, 0.2) is 0 Å². The second kappa shape index (κ2) is 6.99. The van der Waals surface area contributed by atoms with Gasteiger partial charge in [-0.25, -0.2) is 0 Å². The van der Waals surface area contributed by atoms with Crippen LogP contribution in [-0.2, 0) is 6.54 Å². The molecule has 1 aromatic carbocycles. The summed E-state index contributed by atoms with van der Waals surface area (Å²) in [7, 11) is 1.91. The third-order valence-electron chi connectivity index (χ3n) is 1.93. The zero-order chi connectivity index (χ0) is 11.1. The van der Waals surface area contributed by atoms with E-state index in [9.17, 15) is 0 Å². The van der Waals surface area contributed by atoms with Gasteiger partial charge in [0, 0.05) is 22.9 Å². The Morgan fingerprint density at radius 2 is 2.27 bits per heavy atom. The summed E-state index contributed by atoms with van der Waals surface area (Å²) in [6.07, 6.45) is 2.07. The molecular formula is C11H16ClNOS. The van der Waals surface area contributed by atoms with E-state index in [1.807, 2.05) is 25.2 Å². The highest BCUT2D eigenvalue weighted by Gasteiger charge is 2.03. The predicted octanol–water partition coefficient (Wildman–Crippen LogP) is 2.80. The van der Waals surface area contributed by atoms with Gasteiger partial charge < -0.3 is 10.1 Å². The van der Waals surface area contributed by atoms with Crippen molar-refractivity contribution in [1.82, 2.24) is 5.32 Å². The van der Waals surface area contributed by atoms with E-state index in [0.717, 1.165) is 35.2 Å². The number of nitrogens with one attached hydrogen (secondary N) is 1. The molecule has 15 heavy (non-hydrogen) atoms. The van der Waals surface area contributed by atoms with E-state index < -0.39 is 0 Å². The molecule has 2 nitrogen and oxygen atoms in total. The highest BCUT2D eigenvalue weighted by atomic mass is 35.5. The fourth-order valence-corrected chi connectivity index (χ4v) is 1.70. The van der Waals surface area contributed by atoms with Crippen LogP contribution in [-0.4, -0.2) is 25.7 Å². The van der Waals surface area contributed by atoms with Crippen molar-refractivity contribution in [3.05, 3.63) is 28.8 Å². The van der Waals surface area contributed by atoms with E-state index in [2.05, 4.69) is 11.6 Å². The van der Waals surface area contributed by atoms with Crippen molar-refractivity contribution in [2.45, 2.75) is 6.54 Å². The first-order chi connectivity index (χ1) is 7.27. The van der Waals surface area contributed by atoms with Crippen molar-refractivity contribution in [2.24, 2.45) is 0 Å². The van der Waals surface area contributed by atoms with Crippen molar-refractivity contribution in [1.29, 1.82) is 0 Å². The Morgan fingerprint density at radius 3 is 2.93 bits per heavy atom. The zero-order valence-corrected chi connectivity index (χ0v) is 10.6. The maximum absolute atomic E-state index is 5.93. The second-order valence-corrected chi connectivity index (χ2v) is 4.55. The van der Waals surface area contributed by atoms with Crippen molar-refractivity contribution in [3.63, 3.8) is 0 Å². The summed E-state index contributed by atoms with van der Waals surface area (Å²) in [6, 6.07) is 5.72. The Morgan fingerprint density at radius 1 is 1.47 bits per heavy atom. The maximum atomic E-state index is 5.93. The lowest BCUT2D eigenvalue weighted by atomic mass is 10.2. The summed E-state index contributed by atoms with van der Waals surface area (Å²) in [5.74, 6) is 1.92. The number of thioether (sulfide) groups is 1. The lowest BCUT2D eigenvalue weighted by Crippen LogP contribution is -2.08. The van der Waals surface area contributed by atoms with Crippen LogP contribution in [0.25, 0.3) is 0 Å². The molecule has 0 atom stereocenters. The van der Waals surface area contributed by atoms with Crippen LogP contribution in [0.4, 0.5) is 0 Å². The Labute approximate surface area is 100 Å². The molecule has 0 aromatic heterocycles. The van der Waals surface area contributed by atoms with Gasteiger partial charge >= 0.3 is 0 Å². The van der Waals surface area contributed by atoms with E-state index in [1.54, 1.807) is 11.8 Å². The number of ether oxygens (including phenoxy) is 1. The van der Waals surface area contributed by atoms with Gasteiger partial charge in [-0.05, 0) is 31.5 Å². The van der Waals surface area contributed by atoms with Gasteiger partial charge in [-0.2, -0.15) is 11.8 Å². The van der Waals surface area contributed by atoms with Gasteiger partial charge in [0.25, 0.3) is 0 Å². The van der Waals surface area contributed by atoms with Crippen LogP contribution in [0.15, 0.2) is 18.2 Å². The lowest BCUT2D eigenvalue weighted by molar-refractivity contribution is 0.339. The topological polar surface area (TPSA) is 21.3 Å². The molecule has 0 saturated heterocycles. The Kier molecular flexibility index (Phi) is 5.91. The van der Waals surface area contributed by atoms with Crippen molar-refractivity contribution in [3.8, 4) is 5.75 Å². The second-order valence-electron chi connectivity index (χ2n) is 3.12. The molecule has 0 aliphatic carbocycles. The number of hydrogen-bond acceptors (Lipinski definition) is 3. The predicted molar refractivity (Wildman–Crippen MR) is 68.1 cm³/mol. The standard InChI is InChI=1S/C11H16ClNOS/c1-13-8-9-7-10(12)3-4-11(9)14-5-6-15-2/h3-4,7,13H,5-6,8H2,1-2H3. The molecule has 0 aliphatic rings. The quantitative estimate of drug-likeness (QED) is 0.779. The van der Waals surface area contributed by atoms with E-state index in [-0.39, 0.29) is 0 Å². The average Bonchev–Trinajstić information content (AvgIpc) is 2.22. The summed E-state index contributed by atoms with van der Waals surface area (Å²) < 4.78 is 5.67. The first-order valence-corrected chi connectivity index (χ1v) is 6.60. The monoisotopic (exact) mass is 245 g/mol. The van der Waals surface area contributed by atoms with Gasteiger partial charge in [-0.1, -0.05) is 11.6 Å². The van der Waals surface area contributed by atoms with E-state index in [4.69, 9.17) is 16.3 Å². The maximum Gasteiger partial charge on any atom is 0.123 e. The molecule has 4 heteroatoms. The summed E-state index contributed by atoms with van der Waals surface area (Å²) in [5, 5.41) is 3.85. The van der Waals surface area contributed by atoms with Crippen LogP contribution in [0.1, 0.15) is 5.56 Å². The summed E-state index contributed by atoms with van der Waals surface area (Å²) >= 11 is 7.70. The Hall–Kier alpha value is -0.380. The molecule has 84 valence electrons. The first-order valence-electron chi connectivity index (χ1n) is 4.82. The van der Waals surface area contributed by atoms with Crippen LogP contribution in [0.5, 0.6) is 5.75 Å². The zero-order valence-electron chi connectivity index (χ0n) is 9.05. The van der Waals surface area contributed by atoms with Crippen LogP contribution in [0, 0.1) is 0 Å². The number of hydrogen-bond donors (Lipinski definition) is 1. The smallest absolute Gasteiger partial charge is 0.123 e. The first kappa shape index (κ1) is 12.7.